The maximum atomic E-state index is 4.69. The van der Waals surface area contributed by atoms with E-state index in [4.69, 9.17) is 4.98 Å². The molecule has 2 aromatic heterocycles. The van der Waals surface area contributed by atoms with Crippen LogP contribution in [-0.2, 0) is 6.54 Å². The van der Waals surface area contributed by atoms with Gasteiger partial charge in [-0.05, 0) is 51.2 Å². The Balaban J connectivity index is 1.70. The lowest BCUT2D eigenvalue weighted by Gasteiger charge is -2.13. The van der Waals surface area contributed by atoms with Crippen LogP contribution < -0.4 is 5.32 Å². The Hall–Kier alpha value is -2.85. The van der Waals surface area contributed by atoms with Gasteiger partial charge in [-0.2, -0.15) is 0 Å². The maximum Gasteiger partial charge on any atom is 0.150 e. The highest BCUT2D eigenvalue weighted by Crippen LogP contribution is 2.33. The summed E-state index contributed by atoms with van der Waals surface area (Å²) in [6, 6.07) is 21.4. The van der Waals surface area contributed by atoms with Gasteiger partial charge >= 0.3 is 0 Å². The number of pyridine rings is 1. The molecule has 0 saturated heterocycles. The molecule has 2 heterocycles. The van der Waals surface area contributed by atoms with E-state index in [2.05, 4.69) is 89.5 Å². The van der Waals surface area contributed by atoms with Crippen molar-refractivity contribution in [1.29, 1.82) is 0 Å². The zero-order chi connectivity index (χ0) is 19.3. The highest BCUT2D eigenvalue weighted by molar-refractivity contribution is 6.11. The molecular weight excluding hydrogens is 344 g/mol. The summed E-state index contributed by atoms with van der Waals surface area (Å²) in [7, 11) is 4.25. The van der Waals surface area contributed by atoms with Gasteiger partial charge in [0.05, 0.1) is 5.52 Å². The number of nitrogens with one attached hydrogen (secondary N) is 1. The quantitative estimate of drug-likeness (QED) is 0.442. The number of fused-ring (bicyclic) bond motifs is 3. The number of hydrogen-bond donors (Lipinski definition) is 1. The molecule has 2 aromatic carbocycles. The van der Waals surface area contributed by atoms with Crippen LogP contribution in [0.5, 0.6) is 0 Å². The fraction of sp³-hybridized carbons (Fsp3) is 0.292. The van der Waals surface area contributed by atoms with Crippen LogP contribution in [0.3, 0.4) is 0 Å². The van der Waals surface area contributed by atoms with Crippen molar-refractivity contribution in [2.45, 2.75) is 19.4 Å². The molecule has 1 N–H and O–H groups in total. The molecule has 144 valence electrons. The van der Waals surface area contributed by atoms with Crippen molar-refractivity contribution < 1.29 is 0 Å². The Kier molecular flexibility index (Phi) is 5.58. The molecule has 0 fully saturated rings. The average molecular weight is 373 g/mol. The Labute approximate surface area is 166 Å². The number of nitrogens with zero attached hydrogens (tertiary/aromatic N) is 3. The summed E-state index contributed by atoms with van der Waals surface area (Å²) in [5, 5.41) is 6.14. The molecule has 0 spiro atoms. The summed E-state index contributed by atoms with van der Waals surface area (Å²) in [5.74, 6) is 0.981. The van der Waals surface area contributed by atoms with E-state index in [0.717, 1.165) is 31.9 Å². The predicted octanol–water partition coefficient (Wildman–Crippen LogP) is 4.99. The monoisotopic (exact) mass is 372 g/mol. The van der Waals surface area contributed by atoms with Crippen LogP contribution in [0.2, 0.25) is 0 Å². The van der Waals surface area contributed by atoms with E-state index in [1.807, 2.05) is 6.20 Å². The van der Waals surface area contributed by atoms with E-state index >= 15 is 0 Å². The minimum absolute atomic E-state index is 0.839. The van der Waals surface area contributed by atoms with Gasteiger partial charge in [-0.3, -0.25) is 0 Å². The van der Waals surface area contributed by atoms with Gasteiger partial charge in [0, 0.05) is 35.6 Å². The fourth-order valence-corrected chi connectivity index (χ4v) is 3.82. The van der Waals surface area contributed by atoms with Gasteiger partial charge in [-0.15, -0.1) is 0 Å². The minimum Gasteiger partial charge on any atom is -0.368 e. The SMILES string of the molecule is CN(C)CCCCNc1nccc2c3ccccc3n(Cc3ccccc3)c12. The summed E-state index contributed by atoms with van der Waals surface area (Å²) in [5.41, 5.74) is 3.75. The molecule has 0 aliphatic carbocycles. The lowest BCUT2D eigenvalue weighted by Crippen LogP contribution is -2.14. The molecule has 4 heteroatoms. The van der Waals surface area contributed by atoms with E-state index in [9.17, 15) is 0 Å². The zero-order valence-electron chi connectivity index (χ0n) is 16.7. The van der Waals surface area contributed by atoms with Crippen LogP contribution in [-0.4, -0.2) is 41.6 Å². The minimum atomic E-state index is 0.839. The van der Waals surface area contributed by atoms with Crippen molar-refractivity contribution in [3.63, 3.8) is 0 Å². The van der Waals surface area contributed by atoms with Crippen LogP contribution in [0.15, 0.2) is 66.9 Å². The number of unbranched alkanes of at least 4 members (excludes halogenated alkanes) is 1. The van der Waals surface area contributed by atoms with Gasteiger partial charge in [0.2, 0.25) is 0 Å². The molecule has 4 rings (SSSR count). The van der Waals surface area contributed by atoms with E-state index in [1.165, 1.54) is 33.8 Å². The van der Waals surface area contributed by atoms with E-state index in [1.54, 1.807) is 0 Å². The van der Waals surface area contributed by atoms with Gasteiger partial charge in [-0.1, -0.05) is 48.5 Å². The van der Waals surface area contributed by atoms with E-state index in [0.29, 0.717) is 0 Å². The van der Waals surface area contributed by atoms with Crippen molar-refractivity contribution in [2.75, 3.05) is 32.5 Å². The van der Waals surface area contributed by atoms with Gasteiger partial charge in [0.15, 0.2) is 5.82 Å². The topological polar surface area (TPSA) is 33.1 Å². The predicted molar refractivity (Wildman–Crippen MR) is 119 cm³/mol. The third kappa shape index (κ3) is 3.87. The zero-order valence-corrected chi connectivity index (χ0v) is 16.7. The van der Waals surface area contributed by atoms with Crippen LogP contribution in [0.4, 0.5) is 5.82 Å². The molecule has 4 nitrogen and oxygen atoms in total. The second kappa shape index (κ2) is 8.44. The van der Waals surface area contributed by atoms with E-state index < -0.39 is 0 Å². The molecule has 0 bridgehead atoms. The normalized spacial score (nSPS) is 11.5. The number of rotatable bonds is 8. The third-order valence-electron chi connectivity index (χ3n) is 5.19. The lowest BCUT2D eigenvalue weighted by molar-refractivity contribution is 0.396. The standard InChI is InChI=1S/C24H28N4/c1-27(2)17-9-8-15-25-24-23-21(14-16-26-24)20-12-6-7-13-22(20)28(23)18-19-10-4-3-5-11-19/h3-7,10-14,16H,8-9,15,17-18H2,1-2H3,(H,25,26). The Morgan fingerprint density at radius 1 is 0.893 bits per heavy atom. The molecule has 0 radical (unpaired) electrons. The first-order valence-corrected chi connectivity index (χ1v) is 10.0. The fourth-order valence-electron chi connectivity index (χ4n) is 3.82. The molecule has 0 amide bonds. The second-order valence-electron chi connectivity index (χ2n) is 7.58. The first kappa shape index (κ1) is 18.5. The largest absolute Gasteiger partial charge is 0.368 e. The smallest absolute Gasteiger partial charge is 0.150 e. The summed E-state index contributed by atoms with van der Waals surface area (Å²) in [6.07, 6.45) is 4.24. The summed E-state index contributed by atoms with van der Waals surface area (Å²) in [4.78, 5) is 6.93. The van der Waals surface area contributed by atoms with Crippen LogP contribution in [0.25, 0.3) is 21.8 Å². The van der Waals surface area contributed by atoms with Crippen molar-refractivity contribution in [2.24, 2.45) is 0 Å². The highest BCUT2D eigenvalue weighted by Gasteiger charge is 2.14. The number of para-hydroxylation sites is 1. The van der Waals surface area contributed by atoms with Crippen LogP contribution in [0.1, 0.15) is 18.4 Å². The summed E-state index contributed by atoms with van der Waals surface area (Å²) >= 11 is 0. The molecule has 0 atom stereocenters. The molecule has 28 heavy (non-hydrogen) atoms. The number of aromatic nitrogens is 2. The molecule has 0 unspecified atom stereocenters. The maximum absolute atomic E-state index is 4.69. The summed E-state index contributed by atoms with van der Waals surface area (Å²) in [6.45, 7) is 2.90. The number of anilines is 1. The lowest BCUT2D eigenvalue weighted by atomic mass is 10.2. The van der Waals surface area contributed by atoms with Crippen molar-refractivity contribution in [3.8, 4) is 0 Å². The molecule has 0 aliphatic rings. The van der Waals surface area contributed by atoms with Crippen molar-refractivity contribution in [3.05, 3.63) is 72.4 Å². The first-order chi connectivity index (χ1) is 13.7. The molecule has 4 aromatic rings. The van der Waals surface area contributed by atoms with Crippen molar-refractivity contribution >= 4 is 27.6 Å². The summed E-state index contributed by atoms with van der Waals surface area (Å²) < 4.78 is 2.40. The van der Waals surface area contributed by atoms with Gasteiger partial charge in [0.1, 0.15) is 0 Å². The number of hydrogen-bond acceptors (Lipinski definition) is 3. The molecular formula is C24H28N4. The van der Waals surface area contributed by atoms with Gasteiger partial charge in [-0.25, -0.2) is 4.98 Å². The Bertz CT molecular complexity index is 1050. The Morgan fingerprint density at radius 3 is 2.50 bits per heavy atom. The van der Waals surface area contributed by atoms with Crippen molar-refractivity contribution in [1.82, 2.24) is 14.5 Å². The average Bonchev–Trinajstić information content (AvgIpc) is 3.03. The number of benzene rings is 2. The highest BCUT2D eigenvalue weighted by atomic mass is 15.1. The van der Waals surface area contributed by atoms with Gasteiger partial charge in [0.25, 0.3) is 0 Å². The van der Waals surface area contributed by atoms with E-state index in [-0.39, 0.29) is 0 Å². The Morgan fingerprint density at radius 2 is 1.68 bits per heavy atom. The molecule has 0 aliphatic heterocycles. The van der Waals surface area contributed by atoms with Crippen LogP contribution >= 0.6 is 0 Å². The first-order valence-electron chi connectivity index (χ1n) is 10.0. The molecule has 0 saturated carbocycles. The van der Waals surface area contributed by atoms with Gasteiger partial charge < -0.3 is 14.8 Å². The van der Waals surface area contributed by atoms with Crippen LogP contribution in [0, 0.1) is 0 Å². The third-order valence-corrected chi connectivity index (χ3v) is 5.19. The second-order valence-corrected chi connectivity index (χ2v) is 7.58.